The molecule has 0 amide bonds. The number of hydrogen-bond acceptors (Lipinski definition) is 4. The van der Waals surface area contributed by atoms with Gasteiger partial charge in [-0.3, -0.25) is 0 Å². The minimum absolute atomic E-state index is 0.184. The first-order valence-electron chi connectivity index (χ1n) is 5.71. The van der Waals surface area contributed by atoms with Gasteiger partial charge in [0.15, 0.2) is 0 Å². The molecule has 96 valence electrons. The number of aromatic nitrogens is 1. The first-order chi connectivity index (χ1) is 7.91. The summed E-state index contributed by atoms with van der Waals surface area (Å²) in [6, 6.07) is 1.83. The summed E-state index contributed by atoms with van der Waals surface area (Å²) in [5.74, 6) is -0.322. The third-order valence-electron chi connectivity index (χ3n) is 2.41. The summed E-state index contributed by atoms with van der Waals surface area (Å²) in [4.78, 5) is 13.8. The van der Waals surface area contributed by atoms with E-state index in [4.69, 9.17) is 10.5 Å². The minimum atomic E-state index is -0.322. The predicted octanol–water partition coefficient (Wildman–Crippen LogP) is 1.37. The normalized spacial score (nSPS) is 11.2. The van der Waals surface area contributed by atoms with Crippen molar-refractivity contribution >= 4 is 11.7 Å². The van der Waals surface area contributed by atoms with Gasteiger partial charge < -0.3 is 19.9 Å². The molecule has 1 aromatic rings. The quantitative estimate of drug-likeness (QED) is 0.788. The molecule has 17 heavy (non-hydrogen) atoms. The number of ether oxygens (including phenoxy) is 1. The van der Waals surface area contributed by atoms with Gasteiger partial charge in [0.25, 0.3) is 0 Å². The third kappa shape index (κ3) is 3.78. The Hall–Kier alpha value is -1.49. The molecule has 0 saturated heterocycles. The highest BCUT2D eigenvalue weighted by molar-refractivity contribution is 5.89. The van der Waals surface area contributed by atoms with Crippen molar-refractivity contribution in [3.8, 4) is 0 Å². The van der Waals surface area contributed by atoms with E-state index >= 15 is 0 Å². The Morgan fingerprint density at radius 2 is 2.18 bits per heavy atom. The van der Waals surface area contributed by atoms with Crippen LogP contribution < -0.4 is 5.73 Å². The van der Waals surface area contributed by atoms with Crippen LogP contribution in [-0.4, -0.2) is 42.7 Å². The van der Waals surface area contributed by atoms with E-state index in [1.807, 2.05) is 37.4 Å². The van der Waals surface area contributed by atoms with E-state index in [1.165, 1.54) is 0 Å². The van der Waals surface area contributed by atoms with Gasteiger partial charge in [0.2, 0.25) is 0 Å². The zero-order valence-corrected chi connectivity index (χ0v) is 10.9. The van der Waals surface area contributed by atoms with E-state index < -0.39 is 0 Å². The van der Waals surface area contributed by atoms with Gasteiger partial charge in [-0.15, -0.1) is 0 Å². The van der Waals surface area contributed by atoms with Crippen LogP contribution in [0.25, 0.3) is 0 Å². The van der Waals surface area contributed by atoms with Crippen molar-refractivity contribution in [2.75, 3.05) is 33.0 Å². The number of rotatable bonds is 5. The lowest BCUT2D eigenvalue weighted by atomic mass is 10.3. The molecule has 0 spiro atoms. The zero-order valence-electron chi connectivity index (χ0n) is 10.9. The van der Waals surface area contributed by atoms with E-state index in [9.17, 15) is 4.79 Å². The summed E-state index contributed by atoms with van der Waals surface area (Å²) >= 11 is 0. The Kier molecular flexibility index (Phi) is 4.57. The van der Waals surface area contributed by atoms with Crippen LogP contribution in [0, 0.1) is 0 Å². The van der Waals surface area contributed by atoms with Gasteiger partial charge >= 0.3 is 5.97 Å². The van der Waals surface area contributed by atoms with Gasteiger partial charge in [0.05, 0.1) is 5.69 Å². The summed E-state index contributed by atoms with van der Waals surface area (Å²) in [6.07, 6.45) is 1.76. The van der Waals surface area contributed by atoms with Crippen LogP contribution in [0.3, 0.4) is 0 Å². The second-order valence-electron chi connectivity index (χ2n) is 4.60. The minimum Gasteiger partial charge on any atom is -0.460 e. The molecule has 0 aliphatic heterocycles. The Morgan fingerprint density at radius 3 is 2.71 bits per heavy atom. The van der Waals surface area contributed by atoms with Crippen LogP contribution in [0.4, 0.5) is 5.69 Å². The SMILES string of the molecule is CC(C)n1cc(N)cc1C(=O)OCCN(C)C. The maximum absolute atomic E-state index is 11.8. The fourth-order valence-electron chi connectivity index (χ4n) is 1.49. The Labute approximate surface area is 102 Å². The number of anilines is 1. The molecule has 2 N–H and O–H groups in total. The number of nitrogens with zero attached hydrogens (tertiary/aromatic N) is 2. The molecule has 5 nitrogen and oxygen atoms in total. The van der Waals surface area contributed by atoms with Crippen LogP contribution in [0.5, 0.6) is 0 Å². The predicted molar refractivity (Wildman–Crippen MR) is 68.1 cm³/mol. The zero-order chi connectivity index (χ0) is 13.0. The molecular weight excluding hydrogens is 218 g/mol. The fraction of sp³-hybridized carbons (Fsp3) is 0.583. The molecule has 0 bridgehead atoms. The van der Waals surface area contributed by atoms with Crippen molar-refractivity contribution in [1.82, 2.24) is 9.47 Å². The van der Waals surface area contributed by atoms with Gasteiger partial charge in [-0.1, -0.05) is 0 Å². The smallest absolute Gasteiger partial charge is 0.355 e. The highest BCUT2D eigenvalue weighted by Gasteiger charge is 2.15. The van der Waals surface area contributed by atoms with Crippen LogP contribution in [-0.2, 0) is 4.74 Å². The topological polar surface area (TPSA) is 60.5 Å². The molecule has 0 aliphatic rings. The number of likely N-dealkylation sites (N-methyl/N-ethyl adjacent to an activating group) is 1. The molecule has 1 rings (SSSR count). The van der Waals surface area contributed by atoms with Gasteiger partial charge in [0.1, 0.15) is 12.3 Å². The lowest BCUT2D eigenvalue weighted by Gasteiger charge is -2.13. The molecule has 0 radical (unpaired) electrons. The average molecular weight is 239 g/mol. The Morgan fingerprint density at radius 1 is 1.53 bits per heavy atom. The van der Waals surface area contributed by atoms with Crippen molar-refractivity contribution < 1.29 is 9.53 Å². The van der Waals surface area contributed by atoms with E-state index in [0.717, 1.165) is 0 Å². The van der Waals surface area contributed by atoms with Crippen LogP contribution in [0.15, 0.2) is 12.3 Å². The molecule has 0 atom stereocenters. The van der Waals surface area contributed by atoms with E-state index in [1.54, 1.807) is 12.3 Å². The number of carbonyl (C=O) groups excluding carboxylic acids is 1. The average Bonchev–Trinajstić information content (AvgIpc) is 2.59. The second kappa shape index (κ2) is 5.72. The summed E-state index contributed by atoms with van der Waals surface area (Å²) in [7, 11) is 3.87. The summed E-state index contributed by atoms with van der Waals surface area (Å²) in [5.41, 5.74) is 6.79. The molecular formula is C12H21N3O2. The summed E-state index contributed by atoms with van der Waals surface area (Å²) in [6.45, 7) is 5.09. The molecule has 0 aromatic carbocycles. The van der Waals surface area contributed by atoms with Crippen molar-refractivity contribution in [1.29, 1.82) is 0 Å². The second-order valence-corrected chi connectivity index (χ2v) is 4.60. The third-order valence-corrected chi connectivity index (χ3v) is 2.41. The molecule has 0 fully saturated rings. The fourth-order valence-corrected chi connectivity index (χ4v) is 1.49. The Balaban J connectivity index is 2.68. The summed E-state index contributed by atoms with van der Waals surface area (Å²) < 4.78 is 7.01. The first-order valence-corrected chi connectivity index (χ1v) is 5.71. The van der Waals surface area contributed by atoms with E-state index in [-0.39, 0.29) is 12.0 Å². The first kappa shape index (κ1) is 13.6. The molecule has 1 heterocycles. The maximum Gasteiger partial charge on any atom is 0.355 e. The molecule has 0 saturated carbocycles. The number of nitrogen functional groups attached to an aromatic ring is 1. The molecule has 0 unspecified atom stereocenters. The monoisotopic (exact) mass is 239 g/mol. The number of nitrogens with two attached hydrogens (primary N) is 1. The van der Waals surface area contributed by atoms with Crippen molar-refractivity contribution in [3.05, 3.63) is 18.0 Å². The van der Waals surface area contributed by atoms with Crippen LogP contribution >= 0.6 is 0 Å². The highest BCUT2D eigenvalue weighted by Crippen LogP contribution is 2.17. The largest absolute Gasteiger partial charge is 0.460 e. The number of carbonyl (C=O) groups is 1. The molecule has 0 aliphatic carbocycles. The van der Waals surface area contributed by atoms with E-state index in [2.05, 4.69) is 0 Å². The standard InChI is InChI=1S/C12H21N3O2/c1-9(2)15-8-10(13)7-11(15)12(16)17-6-5-14(3)4/h7-9H,5-6,13H2,1-4H3. The van der Waals surface area contributed by atoms with E-state index in [0.29, 0.717) is 24.5 Å². The van der Waals surface area contributed by atoms with Crippen molar-refractivity contribution in [2.24, 2.45) is 0 Å². The van der Waals surface area contributed by atoms with Gasteiger partial charge in [-0.2, -0.15) is 0 Å². The molecule has 1 aromatic heterocycles. The molecule has 5 heteroatoms. The van der Waals surface area contributed by atoms with Crippen molar-refractivity contribution in [2.45, 2.75) is 19.9 Å². The number of hydrogen-bond donors (Lipinski definition) is 1. The highest BCUT2D eigenvalue weighted by atomic mass is 16.5. The maximum atomic E-state index is 11.8. The Bertz CT molecular complexity index is 383. The van der Waals surface area contributed by atoms with Gasteiger partial charge in [-0.05, 0) is 34.0 Å². The van der Waals surface area contributed by atoms with Crippen LogP contribution in [0.2, 0.25) is 0 Å². The lowest BCUT2D eigenvalue weighted by molar-refractivity contribution is 0.0467. The lowest BCUT2D eigenvalue weighted by Crippen LogP contribution is -2.21. The number of esters is 1. The van der Waals surface area contributed by atoms with Gasteiger partial charge in [0, 0.05) is 18.8 Å². The van der Waals surface area contributed by atoms with Crippen molar-refractivity contribution in [3.63, 3.8) is 0 Å². The van der Waals surface area contributed by atoms with Gasteiger partial charge in [-0.25, -0.2) is 4.79 Å². The summed E-state index contributed by atoms with van der Waals surface area (Å²) in [5, 5.41) is 0. The van der Waals surface area contributed by atoms with Crippen LogP contribution in [0.1, 0.15) is 30.4 Å².